The molecule has 1 fully saturated rings. The van der Waals surface area contributed by atoms with Gasteiger partial charge in [0.2, 0.25) is 5.95 Å². The number of nitrogens with one attached hydrogen (secondary N) is 1. The van der Waals surface area contributed by atoms with Gasteiger partial charge in [0.1, 0.15) is 0 Å². The van der Waals surface area contributed by atoms with Gasteiger partial charge in [0.15, 0.2) is 0 Å². The highest BCUT2D eigenvalue weighted by atomic mass is 15.3. The maximum Gasteiger partial charge on any atom is 0.225 e. The molecule has 1 saturated heterocycles. The standard InChI is InChI=1S/C16H20N4/c1-16(2)12-17-8-9-20(16)15-18-10-14(11-19-15)13-6-4-3-5-7-13/h3-7,10-11,17H,8-9,12H2,1-2H3. The van der Waals surface area contributed by atoms with E-state index >= 15 is 0 Å². The Hall–Kier alpha value is -1.94. The molecular formula is C16H20N4. The lowest BCUT2D eigenvalue weighted by Gasteiger charge is -2.42. The van der Waals surface area contributed by atoms with Crippen molar-refractivity contribution in [1.29, 1.82) is 0 Å². The molecule has 0 spiro atoms. The Kier molecular flexibility index (Phi) is 3.40. The average molecular weight is 268 g/mol. The molecule has 0 atom stereocenters. The van der Waals surface area contributed by atoms with Crippen LogP contribution in [0.2, 0.25) is 0 Å². The Bertz CT molecular complexity index is 563. The molecular weight excluding hydrogens is 248 g/mol. The first kappa shape index (κ1) is 13.1. The van der Waals surface area contributed by atoms with Crippen LogP contribution < -0.4 is 10.2 Å². The number of benzene rings is 1. The Morgan fingerprint density at radius 3 is 2.40 bits per heavy atom. The van der Waals surface area contributed by atoms with Crippen LogP contribution in [0.1, 0.15) is 13.8 Å². The number of aromatic nitrogens is 2. The van der Waals surface area contributed by atoms with Crippen molar-refractivity contribution in [3.8, 4) is 11.1 Å². The van der Waals surface area contributed by atoms with Gasteiger partial charge in [0.05, 0.1) is 0 Å². The molecule has 2 heterocycles. The van der Waals surface area contributed by atoms with Crippen LogP contribution in [0.5, 0.6) is 0 Å². The minimum absolute atomic E-state index is 0.0481. The fourth-order valence-electron chi connectivity index (χ4n) is 2.59. The molecule has 104 valence electrons. The van der Waals surface area contributed by atoms with Gasteiger partial charge < -0.3 is 10.2 Å². The van der Waals surface area contributed by atoms with Gasteiger partial charge in [-0.25, -0.2) is 9.97 Å². The molecule has 0 bridgehead atoms. The third-order valence-corrected chi connectivity index (χ3v) is 3.79. The summed E-state index contributed by atoms with van der Waals surface area (Å²) < 4.78 is 0. The molecule has 1 aromatic carbocycles. The Morgan fingerprint density at radius 2 is 1.75 bits per heavy atom. The second-order valence-electron chi connectivity index (χ2n) is 5.78. The highest BCUT2D eigenvalue weighted by molar-refractivity contribution is 5.61. The molecule has 0 radical (unpaired) electrons. The molecule has 0 aliphatic carbocycles. The minimum Gasteiger partial charge on any atom is -0.333 e. The van der Waals surface area contributed by atoms with Crippen LogP contribution in [0.4, 0.5) is 5.95 Å². The third-order valence-electron chi connectivity index (χ3n) is 3.79. The second kappa shape index (κ2) is 5.21. The number of piperazine rings is 1. The van der Waals surface area contributed by atoms with Crippen molar-refractivity contribution in [3.63, 3.8) is 0 Å². The summed E-state index contributed by atoms with van der Waals surface area (Å²) in [5.74, 6) is 0.816. The smallest absolute Gasteiger partial charge is 0.225 e. The maximum atomic E-state index is 4.56. The molecule has 0 saturated carbocycles. The van der Waals surface area contributed by atoms with Crippen LogP contribution >= 0.6 is 0 Å². The Balaban J connectivity index is 1.86. The summed E-state index contributed by atoms with van der Waals surface area (Å²) >= 11 is 0. The first-order valence-corrected chi connectivity index (χ1v) is 7.03. The first-order chi connectivity index (χ1) is 9.67. The van der Waals surface area contributed by atoms with Gasteiger partial charge in [-0.2, -0.15) is 0 Å². The van der Waals surface area contributed by atoms with Crippen LogP contribution in [0.3, 0.4) is 0 Å². The zero-order chi connectivity index (χ0) is 14.0. The molecule has 1 aliphatic heterocycles. The Morgan fingerprint density at radius 1 is 1.05 bits per heavy atom. The van der Waals surface area contributed by atoms with E-state index in [-0.39, 0.29) is 5.54 Å². The summed E-state index contributed by atoms with van der Waals surface area (Å²) in [4.78, 5) is 11.4. The van der Waals surface area contributed by atoms with E-state index in [4.69, 9.17) is 0 Å². The normalized spacial score (nSPS) is 18.0. The van der Waals surface area contributed by atoms with E-state index in [1.807, 2.05) is 30.6 Å². The monoisotopic (exact) mass is 268 g/mol. The second-order valence-corrected chi connectivity index (χ2v) is 5.78. The van der Waals surface area contributed by atoms with Gasteiger partial charge in [0.25, 0.3) is 0 Å². The number of rotatable bonds is 2. The van der Waals surface area contributed by atoms with Crippen molar-refractivity contribution in [3.05, 3.63) is 42.7 Å². The van der Waals surface area contributed by atoms with Gasteiger partial charge in [-0.1, -0.05) is 30.3 Å². The van der Waals surface area contributed by atoms with Crippen LogP contribution in [0.15, 0.2) is 42.7 Å². The van der Waals surface area contributed by atoms with E-state index < -0.39 is 0 Å². The van der Waals surface area contributed by atoms with E-state index in [9.17, 15) is 0 Å². The van der Waals surface area contributed by atoms with Gasteiger partial charge in [-0.15, -0.1) is 0 Å². The molecule has 0 amide bonds. The predicted octanol–water partition coefficient (Wildman–Crippen LogP) is 2.33. The SMILES string of the molecule is CC1(C)CNCCN1c1ncc(-c2ccccc2)cn1. The maximum absolute atomic E-state index is 4.56. The fraction of sp³-hybridized carbons (Fsp3) is 0.375. The van der Waals surface area contributed by atoms with Crippen LogP contribution in [0, 0.1) is 0 Å². The van der Waals surface area contributed by atoms with Crippen LogP contribution in [-0.4, -0.2) is 35.1 Å². The van der Waals surface area contributed by atoms with Gasteiger partial charge >= 0.3 is 0 Å². The van der Waals surface area contributed by atoms with Crippen molar-refractivity contribution in [1.82, 2.24) is 15.3 Å². The average Bonchev–Trinajstić information content (AvgIpc) is 2.48. The van der Waals surface area contributed by atoms with Crippen molar-refractivity contribution in [2.45, 2.75) is 19.4 Å². The van der Waals surface area contributed by atoms with E-state index in [1.54, 1.807) is 0 Å². The topological polar surface area (TPSA) is 41.0 Å². The van der Waals surface area contributed by atoms with Gasteiger partial charge in [0, 0.05) is 43.1 Å². The summed E-state index contributed by atoms with van der Waals surface area (Å²) in [6, 6.07) is 10.2. The lowest BCUT2D eigenvalue weighted by atomic mass is 10.0. The quantitative estimate of drug-likeness (QED) is 0.907. The van der Waals surface area contributed by atoms with E-state index in [0.29, 0.717) is 0 Å². The zero-order valence-corrected chi connectivity index (χ0v) is 12.0. The summed E-state index contributed by atoms with van der Waals surface area (Å²) in [7, 11) is 0. The Labute approximate surface area is 119 Å². The van der Waals surface area contributed by atoms with E-state index in [1.165, 1.54) is 0 Å². The number of nitrogens with zero attached hydrogens (tertiary/aromatic N) is 3. The molecule has 2 aromatic rings. The van der Waals surface area contributed by atoms with Crippen molar-refractivity contribution >= 4 is 5.95 Å². The lowest BCUT2D eigenvalue weighted by Crippen LogP contribution is -2.58. The summed E-state index contributed by atoms with van der Waals surface area (Å²) in [5.41, 5.74) is 2.26. The minimum atomic E-state index is 0.0481. The first-order valence-electron chi connectivity index (χ1n) is 7.03. The molecule has 20 heavy (non-hydrogen) atoms. The van der Waals surface area contributed by atoms with Crippen molar-refractivity contribution in [2.75, 3.05) is 24.5 Å². The van der Waals surface area contributed by atoms with Crippen molar-refractivity contribution < 1.29 is 0 Å². The summed E-state index contributed by atoms with van der Waals surface area (Å²) in [6.45, 7) is 7.31. The molecule has 4 heteroatoms. The van der Waals surface area contributed by atoms with Gasteiger partial charge in [-0.3, -0.25) is 0 Å². The largest absolute Gasteiger partial charge is 0.333 e. The third kappa shape index (κ3) is 2.51. The molecule has 3 rings (SSSR count). The van der Waals surface area contributed by atoms with Crippen LogP contribution in [0.25, 0.3) is 11.1 Å². The van der Waals surface area contributed by atoms with E-state index in [2.05, 4.69) is 46.2 Å². The number of hydrogen-bond acceptors (Lipinski definition) is 4. The lowest BCUT2D eigenvalue weighted by molar-refractivity contribution is 0.375. The van der Waals surface area contributed by atoms with Crippen LogP contribution in [-0.2, 0) is 0 Å². The zero-order valence-electron chi connectivity index (χ0n) is 12.0. The van der Waals surface area contributed by atoms with E-state index in [0.717, 1.165) is 36.7 Å². The molecule has 1 N–H and O–H groups in total. The number of anilines is 1. The molecule has 1 aromatic heterocycles. The summed E-state index contributed by atoms with van der Waals surface area (Å²) in [6.07, 6.45) is 3.82. The van der Waals surface area contributed by atoms with Gasteiger partial charge in [-0.05, 0) is 19.4 Å². The van der Waals surface area contributed by atoms with Crippen molar-refractivity contribution in [2.24, 2.45) is 0 Å². The summed E-state index contributed by atoms with van der Waals surface area (Å²) in [5, 5.41) is 3.41. The molecule has 0 unspecified atom stereocenters. The highest BCUT2D eigenvalue weighted by Crippen LogP contribution is 2.23. The molecule has 4 nitrogen and oxygen atoms in total. The number of hydrogen-bond donors (Lipinski definition) is 1. The highest BCUT2D eigenvalue weighted by Gasteiger charge is 2.31. The molecule has 1 aliphatic rings. The fourth-order valence-corrected chi connectivity index (χ4v) is 2.59. The predicted molar refractivity (Wildman–Crippen MR) is 81.8 cm³/mol.